The van der Waals surface area contributed by atoms with E-state index >= 15 is 0 Å². The van der Waals surface area contributed by atoms with Crippen LogP contribution in [0.3, 0.4) is 0 Å². The van der Waals surface area contributed by atoms with Crippen LogP contribution in [0.25, 0.3) is 11.3 Å². The molecule has 220 valence electrons. The van der Waals surface area contributed by atoms with Crippen molar-refractivity contribution in [3.05, 3.63) is 101 Å². The average Bonchev–Trinajstić information content (AvgIpc) is 2.92. The Morgan fingerprint density at radius 2 is 1.60 bits per heavy atom. The lowest BCUT2D eigenvalue weighted by molar-refractivity contribution is 0.0696. The van der Waals surface area contributed by atoms with Gasteiger partial charge in [-0.25, -0.2) is 22.9 Å². The number of ether oxygens (including phenoxy) is 1. The Morgan fingerprint density at radius 3 is 2.19 bits per heavy atom. The Morgan fingerprint density at radius 1 is 0.952 bits per heavy atom. The van der Waals surface area contributed by atoms with Gasteiger partial charge in [-0.05, 0) is 66.8 Å². The third-order valence-corrected chi connectivity index (χ3v) is 8.18. The first-order valence-corrected chi connectivity index (χ1v) is 15.0. The third-order valence-electron chi connectivity index (χ3n) is 6.86. The molecule has 0 aliphatic carbocycles. The number of hydrogen-bond acceptors (Lipinski definition) is 7. The van der Waals surface area contributed by atoms with Gasteiger partial charge in [-0.1, -0.05) is 69.3 Å². The molecule has 0 saturated heterocycles. The first kappa shape index (κ1) is 30.7. The Labute approximate surface area is 247 Å². The van der Waals surface area contributed by atoms with Crippen molar-refractivity contribution < 1.29 is 23.1 Å². The van der Waals surface area contributed by atoms with E-state index in [0.717, 1.165) is 28.3 Å². The number of sulfonamides is 1. The van der Waals surface area contributed by atoms with Gasteiger partial charge in [0.25, 0.3) is 10.0 Å². The summed E-state index contributed by atoms with van der Waals surface area (Å²) in [6, 6.07) is 20.8. The van der Waals surface area contributed by atoms with E-state index in [0.29, 0.717) is 12.2 Å². The van der Waals surface area contributed by atoms with Gasteiger partial charge in [0.05, 0.1) is 16.2 Å². The van der Waals surface area contributed by atoms with Crippen molar-refractivity contribution in [2.24, 2.45) is 0 Å². The van der Waals surface area contributed by atoms with Crippen molar-refractivity contribution in [2.75, 3.05) is 18.3 Å². The van der Waals surface area contributed by atoms with E-state index in [4.69, 9.17) is 4.74 Å². The summed E-state index contributed by atoms with van der Waals surface area (Å²) in [5, 5.41) is 12.5. The number of carboxylic acids is 1. The molecule has 0 amide bonds. The van der Waals surface area contributed by atoms with Gasteiger partial charge in [0.2, 0.25) is 11.8 Å². The molecule has 3 N–H and O–H groups in total. The molecule has 10 heteroatoms. The van der Waals surface area contributed by atoms with Crippen LogP contribution in [0.4, 0.5) is 5.95 Å². The summed E-state index contributed by atoms with van der Waals surface area (Å²) in [7, 11) is -2.40. The number of aryl methyl sites for hydroxylation is 2. The molecule has 1 unspecified atom stereocenters. The topological polar surface area (TPSA) is 131 Å². The molecule has 9 nitrogen and oxygen atoms in total. The highest BCUT2D eigenvalue weighted by atomic mass is 32.2. The predicted octanol–water partition coefficient (Wildman–Crippen LogP) is 5.90. The maximum atomic E-state index is 13.3. The molecule has 0 aliphatic heterocycles. The van der Waals surface area contributed by atoms with Crippen LogP contribution < -0.4 is 14.8 Å². The molecule has 0 bridgehead atoms. The number of rotatable bonds is 10. The lowest BCUT2D eigenvalue weighted by Gasteiger charge is -2.22. The SMILES string of the molecule is CNCC(Oc1cc(-c2c(C)cccc2C)nc(NS(=O)(=O)c2cccc(C(=O)O)c2)n1)c1ccc(C(C)(C)C)cc1. The summed E-state index contributed by atoms with van der Waals surface area (Å²) >= 11 is 0. The van der Waals surface area contributed by atoms with Crippen LogP contribution >= 0.6 is 0 Å². The van der Waals surface area contributed by atoms with Gasteiger partial charge < -0.3 is 15.2 Å². The molecule has 0 saturated carbocycles. The zero-order valence-electron chi connectivity index (χ0n) is 24.6. The highest BCUT2D eigenvalue weighted by Crippen LogP contribution is 2.32. The summed E-state index contributed by atoms with van der Waals surface area (Å²) in [5.74, 6) is -1.25. The lowest BCUT2D eigenvalue weighted by atomic mass is 9.86. The third kappa shape index (κ3) is 7.13. The highest BCUT2D eigenvalue weighted by Gasteiger charge is 2.22. The number of aromatic carboxylic acids is 1. The van der Waals surface area contributed by atoms with Gasteiger partial charge in [0.1, 0.15) is 6.10 Å². The molecule has 42 heavy (non-hydrogen) atoms. The minimum absolute atomic E-state index is 0.000889. The largest absolute Gasteiger partial charge is 0.478 e. The van der Waals surface area contributed by atoms with Crippen molar-refractivity contribution in [1.82, 2.24) is 15.3 Å². The normalized spacial score (nSPS) is 12.5. The summed E-state index contributed by atoms with van der Waals surface area (Å²) in [6.45, 7) is 10.8. The lowest BCUT2D eigenvalue weighted by Crippen LogP contribution is -2.23. The van der Waals surface area contributed by atoms with Crippen molar-refractivity contribution in [2.45, 2.75) is 51.0 Å². The number of carboxylic acid groups (broad SMARTS) is 1. The second kappa shape index (κ2) is 12.3. The Balaban J connectivity index is 1.77. The molecule has 0 aliphatic rings. The molecule has 4 aromatic rings. The van der Waals surface area contributed by atoms with E-state index in [2.05, 4.69) is 52.9 Å². The highest BCUT2D eigenvalue weighted by molar-refractivity contribution is 7.92. The molecule has 0 spiro atoms. The first-order valence-electron chi connectivity index (χ1n) is 13.5. The number of aromatic nitrogens is 2. The van der Waals surface area contributed by atoms with Crippen LogP contribution in [0.5, 0.6) is 5.88 Å². The Hall–Kier alpha value is -4.28. The number of likely N-dealkylation sites (N-methyl/N-ethyl adjacent to an activating group) is 1. The Bertz CT molecular complexity index is 1680. The number of nitrogens with zero attached hydrogens (tertiary/aromatic N) is 2. The molecule has 1 atom stereocenters. The first-order chi connectivity index (χ1) is 19.8. The van der Waals surface area contributed by atoms with Crippen LogP contribution in [0.15, 0.2) is 77.7 Å². The summed E-state index contributed by atoms with van der Waals surface area (Å²) in [4.78, 5) is 20.2. The van der Waals surface area contributed by atoms with Crippen LogP contribution in [-0.2, 0) is 15.4 Å². The number of benzene rings is 3. The summed E-state index contributed by atoms with van der Waals surface area (Å²) < 4.78 is 35.4. The maximum Gasteiger partial charge on any atom is 0.335 e. The summed E-state index contributed by atoms with van der Waals surface area (Å²) in [5.41, 5.74) is 5.19. The molecular formula is C32H36N4O5S. The van der Waals surface area contributed by atoms with E-state index < -0.39 is 22.1 Å². The fourth-order valence-electron chi connectivity index (χ4n) is 4.61. The van der Waals surface area contributed by atoms with Crippen LogP contribution in [-0.4, -0.2) is 43.1 Å². The summed E-state index contributed by atoms with van der Waals surface area (Å²) in [6.07, 6.45) is -0.429. The molecule has 1 heterocycles. The minimum atomic E-state index is -4.22. The maximum absolute atomic E-state index is 13.3. The monoisotopic (exact) mass is 588 g/mol. The van der Waals surface area contributed by atoms with E-state index in [1.54, 1.807) is 6.07 Å². The second-order valence-corrected chi connectivity index (χ2v) is 12.8. The predicted molar refractivity (Wildman–Crippen MR) is 164 cm³/mol. The smallest absolute Gasteiger partial charge is 0.335 e. The number of anilines is 1. The number of hydrogen-bond donors (Lipinski definition) is 3. The fraction of sp³-hybridized carbons (Fsp3) is 0.281. The quantitative estimate of drug-likeness (QED) is 0.209. The molecule has 1 aromatic heterocycles. The van der Waals surface area contributed by atoms with Gasteiger partial charge in [-0.2, -0.15) is 4.98 Å². The van der Waals surface area contributed by atoms with Crippen molar-refractivity contribution in [3.8, 4) is 17.1 Å². The zero-order valence-corrected chi connectivity index (χ0v) is 25.4. The van der Waals surface area contributed by atoms with E-state index in [9.17, 15) is 18.3 Å². The van der Waals surface area contributed by atoms with E-state index in [-0.39, 0.29) is 27.7 Å². The number of nitrogens with one attached hydrogen (secondary N) is 2. The second-order valence-electron chi connectivity index (χ2n) is 11.2. The minimum Gasteiger partial charge on any atom is -0.478 e. The number of carbonyl (C=O) groups is 1. The molecule has 0 radical (unpaired) electrons. The van der Waals surface area contributed by atoms with E-state index in [1.165, 1.54) is 23.8 Å². The van der Waals surface area contributed by atoms with Gasteiger partial charge in [0.15, 0.2) is 0 Å². The average molecular weight is 589 g/mol. The van der Waals surface area contributed by atoms with Crippen LogP contribution in [0.2, 0.25) is 0 Å². The Kier molecular flexibility index (Phi) is 8.98. The molecular weight excluding hydrogens is 552 g/mol. The standard InChI is InChI=1S/C32H36N4O5S/c1-20-9-7-10-21(2)29(20)26-18-28(41-27(19-33-6)22-13-15-24(16-14-22)32(3,4)5)35-31(34-26)36-42(39,40)25-12-8-11-23(17-25)30(37)38/h7-18,27,33H,19H2,1-6H3,(H,37,38)(H,34,35,36). The fourth-order valence-corrected chi connectivity index (χ4v) is 5.60. The van der Waals surface area contributed by atoms with Gasteiger partial charge in [-0.15, -0.1) is 0 Å². The van der Waals surface area contributed by atoms with Crippen molar-refractivity contribution in [3.63, 3.8) is 0 Å². The van der Waals surface area contributed by atoms with Gasteiger partial charge >= 0.3 is 5.97 Å². The van der Waals surface area contributed by atoms with Crippen LogP contribution in [0.1, 0.15) is 59.5 Å². The van der Waals surface area contributed by atoms with Gasteiger partial charge in [0, 0.05) is 18.2 Å². The van der Waals surface area contributed by atoms with Gasteiger partial charge in [-0.3, -0.25) is 0 Å². The van der Waals surface area contributed by atoms with Crippen molar-refractivity contribution in [1.29, 1.82) is 0 Å². The molecule has 0 fully saturated rings. The molecule has 4 rings (SSSR count). The van der Waals surface area contributed by atoms with Crippen molar-refractivity contribution >= 4 is 21.9 Å². The molecule has 3 aromatic carbocycles. The zero-order chi connectivity index (χ0) is 30.7. The van der Waals surface area contributed by atoms with Crippen LogP contribution in [0, 0.1) is 13.8 Å². The van der Waals surface area contributed by atoms with E-state index in [1.807, 2.05) is 51.2 Å².